The molecule has 0 aromatic carbocycles. The molecule has 0 aliphatic carbocycles. The molecule has 0 atom stereocenters. The van der Waals surface area contributed by atoms with Crippen molar-refractivity contribution in [1.82, 2.24) is 0 Å². The van der Waals surface area contributed by atoms with Crippen LogP contribution in [-0.2, 0) is 8.85 Å². The normalized spacial score (nSPS) is 10.4. The Morgan fingerprint density at radius 3 is 1.50 bits per heavy atom. The molecule has 0 unspecified atom stereocenters. The van der Waals surface area contributed by atoms with E-state index < -0.39 is 9.05 Å². The molecule has 16 heavy (non-hydrogen) atoms. The topological polar surface area (TPSA) is 64.6 Å². The molecule has 0 spiro atoms. The molecule has 0 aromatic rings. The monoisotopic (exact) mass is 356 g/mol. The van der Waals surface area contributed by atoms with Crippen molar-refractivity contribution in [2.24, 2.45) is 0 Å². The minimum atomic E-state index is -4.15. The molecule has 0 fully saturated rings. The molecule has 4 nitrogen and oxygen atoms in total. The summed E-state index contributed by atoms with van der Waals surface area (Å²) < 4.78 is 11.0. The molecular weight excluding hydrogens is 331 g/mol. The van der Waals surface area contributed by atoms with Gasteiger partial charge in [-0.3, -0.25) is 0 Å². The van der Waals surface area contributed by atoms with Crippen LogP contribution in [-0.4, -0.2) is 44.4 Å². The van der Waals surface area contributed by atoms with Gasteiger partial charge >= 0.3 is 69.5 Å². The van der Waals surface area contributed by atoms with Gasteiger partial charge in [-0.15, -0.1) is 0 Å². The van der Waals surface area contributed by atoms with Crippen molar-refractivity contribution >= 4 is 30.2 Å². The van der Waals surface area contributed by atoms with E-state index in [9.17, 15) is 9.59 Å². The average molecular weight is 355 g/mol. The minimum Gasteiger partial charge on any atom is -0.828 e. The Labute approximate surface area is 111 Å². The third kappa shape index (κ3) is 17.3. The Balaban J connectivity index is 0. The van der Waals surface area contributed by atoms with Gasteiger partial charge in [-0.1, -0.05) is 0 Å². The fourth-order valence-electron chi connectivity index (χ4n) is 0.812. The van der Waals surface area contributed by atoms with Crippen molar-refractivity contribution in [2.75, 3.05) is 14.2 Å². The number of hydrogen-bond donors (Lipinski definition) is 0. The second-order valence-electron chi connectivity index (χ2n) is 3.37. The molecule has 0 aliphatic rings. The Bertz CT molecular complexity index is 124. The van der Waals surface area contributed by atoms with Crippen LogP contribution in [0.4, 0.5) is 0 Å². The number of rotatable bonds is 8. The van der Waals surface area contributed by atoms with Gasteiger partial charge in [0.1, 0.15) is 9.05 Å². The third-order valence-corrected chi connectivity index (χ3v) is 6.95. The van der Waals surface area contributed by atoms with Gasteiger partial charge in [0.2, 0.25) is 0 Å². The molecular formula is C10H24O4SiSn. The maximum absolute atomic E-state index is 9.98. The Hall–Kier alpha value is 0.856. The molecule has 0 aromatic heterocycles. The standard InChI is InChI=1S/2C4H9.C2H6O4Si.Sn/c2*1-3-4-2;1-5-7(3,4)6-2;/h2*1,3-4H2,2H3;1-2H3;/q;;-2;+2. The van der Waals surface area contributed by atoms with Crippen LogP contribution in [0.3, 0.4) is 0 Å². The molecule has 0 amide bonds. The van der Waals surface area contributed by atoms with Crippen LogP contribution in [0.1, 0.15) is 39.5 Å². The molecule has 0 radical (unpaired) electrons. The average Bonchev–Trinajstić information content (AvgIpc) is 2.30. The summed E-state index contributed by atoms with van der Waals surface area (Å²) in [7, 11) is -2.05. The van der Waals surface area contributed by atoms with Crippen LogP contribution in [0.15, 0.2) is 0 Å². The zero-order chi connectivity index (χ0) is 12.9. The van der Waals surface area contributed by atoms with E-state index in [1.807, 2.05) is 0 Å². The second kappa shape index (κ2) is 13.9. The summed E-state index contributed by atoms with van der Waals surface area (Å²) in [5.41, 5.74) is 0. The predicted octanol–water partition coefficient (Wildman–Crippen LogP) is 0.563. The van der Waals surface area contributed by atoms with E-state index in [4.69, 9.17) is 0 Å². The van der Waals surface area contributed by atoms with E-state index in [0.29, 0.717) is 0 Å². The van der Waals surface area contributed by atoms with Crippen molar-refractivity contribution in [3.05, 3.63) is 0 Å². The fraction of sp³-hybridized carbons (Fsp3) is 1.00. The van der Waals surface area contributed by atoms with Gasteiger partial charge in [0.15, 0.2) is 0 Å². The van der Waals surface area contributed by atoms with Crippen LogP contribution >= 0.6 is 0 Å². The molecule has 0 rings (SSSR count). The van der Waals surface area contributed by atoms with Crippen LogP contribution < -0.4 is 9.59 Å². The Kier molecular flexibility index (Phi) is 16.7. The summed E-state index contributed by atoms with van der Waals surface area (Å²) in [5, 5.41) is 0. The first kappa shape index (κ1) is 19.2. The van der Waals surface area contributed by atoms with Gasteiger partial charge in [-0.05, 0) is 0 Å². The Morgan fingerprint density at radius 2 is 1.31 bits per heavy atom. The van der Waals surface area contributed by atoms with Crippen molar-refractivity contribution in [3.8, 4) is 0 Å². The summed E-state index contributed by atoms with van der Waals surface area (Å²) in [4.78, 5) is 20.0. The SMILES string of the molecule is CCC[CH2][Sn+2][CH2]CCC.CO[Si]([O-])([O-])OC. The first-order valence-corrected chi connectivity index (χ1v) is 11.4. The van der Waals surface area contributed by atoms with Gasteiger partial charge in [0.05, 0.1) is 0 Å². The molecule has 96 valence electrons. The fourth-order valence-corrected chi connectivity index (χ4v) is 5.14. The van der Waals surface area contributed by atoms with Crippen LogP contribution in [0.5, 0.6) is 0 Å². The second-order valence-corrected chi connectivity index (χ2v) is 9.46. The number of hydrogen-bond acceptors (Lipinski definition) is 4. The largest absolute Gasteiger partial charge is 0.828 e. The van der Waals surface area contributed by atoms with Crippen molar-refractivity contribution in [3.63, 3.8) is 0 Å². The zero-order valence-electron chi connectivity index (χ0n) is 10.9. The molecule has 0 saturated carbocycles. The van der Waals surface area contributed by atoms with Crippen LogP contribution in [0, 0.1) is 0 Å². The van der Waals surface area contributed by atoms with E-state index in [0.717, 1.165) is 14.2 Å². The molecule has 0 saturated heterocycles. The van der Waals surface area contributed by atoms with Crippen LogP contribution in [0.2, 0.25) is 8.87 Å². The third-order valence-electron chi connectivity index (χ3n) is 1.91. The van der Waals surface area contributed by atoms with Gasteiger partial charge in [-0.25, -0.2) is 0 Å². The van der Waals surface area contributed by atoms with Gasteiger partial charge < -0.3 is 18.4 Å². The van der Waals surface area contributed by atoms with E-state index in [1.54, 1.807) is 8.87 Å². The van der Waals surface area contributed by atoms with Crippen molar-refractivity contribution in [1.29, 1.82) is 0 Å². The number of unbranched alkanes of at least 4 members (excludes halogenated alkanes) is 2. The van der Waals surface area contributed by atoms with Gasteiger partial charge in [0.25, 0.3) is 0 Å². The van der Waals surface area contributed by atoms with Gasteiger partial charge in [-0.2, -0.15) is 0 Å². The summed E-state index contributed by atoms with van der Waals surface area (Å²) in [6, 6.07) is 0. The smallest absolute Gasteiger partial charge is 0.148 e. The first-order valence-electron chi connectivity index (χ1n) is 5.75. The van der Waals surface area contributed by atoms with E-state index in [-0.39, 0.29) is 21.1 Å². The molecule has 0 heterocycles. The molecule has 0 N–H and O–H groups in total. The van der Waals surface area contributed by atoms with E-state index in [1.165, 1.54) is 25.7 Å². The van der Waals surface area contributed by atoms with Crippen molar-refractivity contribution < 1.29 is 18.4 Å². The maximum Gasteiger partial charge on any atom is 0.148 e. The summed E-state index contributed by atoms with van der Waals surface area (Å²) in [6.45, 7) is 4.58. The summed E-state index contributed by atoms with van der Waals surface area (Å²) in [6.07, 6.45) is 5.84. The van der Waals surface area contributed by atoms with Crippen molar-refractivity contribution in [2.45, 2.75) is 48.4 Å². The summed E-state index contributed by atoms with van der Waals surface area (Å²) in [5.74, 6) is 0. The predicted molar refractivity (Wildman–Crippen MR) is 65.0 cm³/mol. The quantitative estimate of drug-likeness (QED) is 0.472. The van der Waals surface area contributed by atoms with Crippen LogP contribution in [0.25, 0.3) is 0 Å². The zero-order valence-corrected chi connectivity index (χ0v) is 14.7. The minimum absolute atomic E-state index is 0.149. The summed E-state index contributed by atoms with van der Waals surface area (Å²) >= 11 is 0.149. The molecule has 0 aliphatic heterocycles. The molecule has 6 heteroatoms. The van der Waals surface area contributed by atoms with E-state index >= 15 is 0 Å². The molecule has 0 bridgehead atoms. The maximum atomic E-state index is 9.98. The Morgan fingerprint density at radius 1 is 0.938 bits per heavy atom. The van der Waals surface area contributed by atoms with Gasteiger partial charge in [0, 0.05) is 14.2 Å². The first-order chi connectivity index (χ1) is 7.54. The van der Waals surface area contributed by atoms with E-state index in [2.05, 4.69) is 22.7 Å².